The second kappa shape index (κ2) is 8.01. The van der Waals surface area contributed by atoms with Crippen molar-refractivity contribution in [2.75, 3.05) is 0 Å². The standard InChI is InChI=1S/C44H24/c1-2-8-26-19-28(16-15-25(26)7-1)32-17-18-37-40-23-30-24-41-39(22-29(30)21-38(40)35-13-6-12-34(32)43(35)37)36-14-5-11-33-31-10-4-3-9-27(31)20-42(41)44(33)36/h1-24H. The van der Waals surface area contributed by atoms with Gasteiger partial charge < -0.3 is 0 Å². The van der Waals surface area contributed by atoms with Crippen molar-refractivity contribution in [3.63, 3.8) is 0 Å². The van der Waals surface area contributed by atoms with Gasteiger partial charge in [0.25, 0.3) is 0 Å². The molecule has 0 aliphatic heterocycles. The van der Waals surface area contributed by atoms with E-state index in [9.17, 15) is 0 Å². The van der Waals surface area contributed by atoms with Crippen LogP contribution in [0.4, 0.5) is 0 Å². The quantitative estimate of drug-likeness (QED) is 0.178. The van der Waals surface area contributed by atoms with E-state index in [-0.39, 0.29) is 0 Å². The maximum Gasteiger partial charge on any atom is -0.00199 e. The van der Waals surface area contributed by atoms with E-state index in [4.69, 9.17) is 0 Å². The second-order valence-corrected chi connectivity index (χ2v) is 12.5. The molecule has 0 heteroatoms. The van der Waals surface area contributed by atoms with Crippen LogP contribution in [0.3, 0.4) is 0 Å². The highest BCUT2D eigenvalue weighted by Gasteiger charge is 2.18. The van der Waals surface area contributed by atoms with Gasteiger partial charge in [-0.1, -0.05) is 109 Å². The Bertz CT molecular complexity index is 2980. The van der Waals surface area contributed by atoms with Crippen LogP contribution in [0.25, 0.3) is 108 Å². The van der Waals surface area contributed by atoms with Gasteiger partial charge in [0, 0.05) is 0 Å². The third-order valence-electron chi connectivity index (χ3n) is 10.3. The maximum absolute atomic E-state index is 2.44. The molecule has 0 nitrogen and oxygen atoms in total. The Labute approximate surface area is 253 Å². The van der Waals surface area contributed by atoms with E-state index in [0.717, 1.165) is 0 Å². The van der Waals surface area contributed by atoms with Crippen molar-refractivity contribution in [1.82, 2.24) is 0 Å². The van der Waals surface area contributed by atoms with Gasteiger partial charge in [0.1, 0.15) is 0 Å². The first-order chi connectivity index (χ1) is 21.8. The zero-order valence-electron chi connectivity index (χ0n) is 23.9. The minimum absolute atomic E-state index is 1.27. The Balaban J connectivity index is 1.22. The van der Waals surface area contributed by atoms with Gasteiger partial charge >= 0.3 is 0 Å². The molecule has 0 atom stereocenters. The predicted octanol–water partition coefficient (Wildman–Crippen LogP) is 12.6. The minimum atomic E-state index is 1.27. The normalized spacial score (nSPS) is 12.5. The Kier molecular flexibility index (Phi) is 4.15. The summed E-state index contributed by atoms with van der Waals surface area (Å²) in [5.74, 6) is 0. The van der Waals surface area contributed by atoms with E-state index in [0.29, 0.717) is 0 Å². The summed E-state index contributed by atoms with van der Waals surface area (Å²) in [6.07, 6.45) is 0. The van der Waals surface area contributed by atoms with Gasteiger partial charge in [-0.25, -0.2) is 0 Å². The molecule has 11 aromatic carbocycles. The summed E-state index contributed by atoms with van der Waals surface area (Å²) >= 11 is 0. The second-order valence-electron chi connectivity index (χ2n) is 12.5. The molecule has 11 aromatic rings. The highest BCUT2D eigenvalue weighted by Crippen LogP contribution is 2.46. The average Bonchev–Trinajstić information content (AvgIpc) is 3.56. The lowest BCUT2D eigenvalue weighted by Gasteiger charge is -2.09. The summed E-state index contributed by atoms with van der Waals surface area (Å²) < 4.78 is 0. The molecule has 0 spiro atoms. The predicted molar refractivity (Wildman–Crippen MR) is 192 cm³/mol. The topological polar surface area (TPSA) is 0 Å². The third kappa shape index (κ3) is 2.83. The summed E-state index contributed by atoms with van der Waals surface area (Å²) in [4.78, 5) is 0. The molecule has 200 valence electrons. The van der Waals surface area contributed by atoms with Crippen molar-refractivity contribution >= 4 is 97.0 Å². The molecule has 0 aliphatic carbocycles. The van der Waals surface area contributed by atoms with Gasteiger partial charge in [-0.3, -0.25) is 0 Å². The summed E-state index contributed by atoms with van der Waals surface area (Å²) in [5, 5.41) is 24.0. The van der Waals surface area contributed by atoms with Crippen LogP contribution >= 0.6 is 0 Å². The van der Waals surface area contributed by atoms with Crippen molar-refractivity contribution in [2.45, 2.75) is 0 Å². The van der Waals surface area contributed by atoms with Crippen LogP contribution in [0.15, 0.2) is 146 Å². The molecule has 0 radical (unpaired) electrons. The monoisotopic (exact) mass is 552 g/mol. The molecule has 0 heterocycles. The van der Waals surface area contributed by atoms with Gasteiger partial charge in [-0.2, -0.15) is 0 Å². The van der Waals surface area contributed by atoms with Crippen molar-refractivity contribution in [3.05, 3.63) is 146 Å². The van der Waals surface area contributed by atoms with Gasteiger partial charge in [0.15, 0.2) is 0 Å². The molecule has 0 bridgehead atoms. The lowest BCUT2D eigenvalue weighted by atomic mass is 9.94. The van der Waals surface area contributed by atoms with E-state index in [1.807, 2.05) is 0 Å². The molecular formula is C44H24. The fraction of sp³-hybridized carbons (Fsp3) is 0. The Hall–Kier alpha value is -5.72. The fourth-order valence-corrected chi connectivity index (χ4v) is 8.30. The van der Waals surface area contributed by atoms with Gasteiger partial charge in [0.05, 0.1) is 0 Å². The van der Waals surface area contributed by atoms with Gasteiger partial charge in [0.2, 0.25) is 0 Å². The van der Waals surface area contributed by atoms with Crippen LogP contribution in [-0.2, 0) is 0 Å². The van der Waals surface area contributed by atoms with Crippen LogP contribution in [0.2, 0.25) is 0 Å². The Morgan fingerprint density at radius 1 is 0.227 bits per heavy atom. The van der Waals surface area contributed by atoms with E-state index >= 15 is 0 Å². The van der Waals surface area contributed by atoms with E-state index in [1.165, 1.54) is 108 Å². The average molecular weight is 553 g/mol. The van der Waals surface area contributed by atoms with E-state index in [2.05, 4.69) is 146 Å². The molecule has 0 saturated heterocycles. The molecule has 0 saturated carbocycles. The molecule has 0 aromatic heterocycles. The molecule has 0 aliphatic rings. The van der Waals surface area contributed by atoms with E-state index < -0.39 is 0 Å². The SMILES string of the molecule is c1ccc2cc(-c3ccc4c5cc6cc7c(cc6cc5c5cccc3c54)c3cccc4c5ccccc5cc7c43)ccc2c1. The molecular weight excluding hydrogens is 528 g/mol. The highest BCUT2D eigenvalue weighted by atomic mass is 14.2. The van der Waals surface area contributed by atoms with Crippen LogP contribution in [0.1, 0.15) is 0 Å². The van der Waals surface area contributed by atoms with Gasteiger partial charge in [-0.15, -0.1) is 0 Å². The molecule has 0 fully saturated rings. The maximum atomic E-state index is 2.44. The Morgan fingerprint density at radius 2 is 0.727 bits per heavy atom. The van der Waals surface area contributed by atoms with Gasteiger partial charge in [-0.05, 0) is 144 Å². The first-order valence-electron chi connectivity index (χ1n) is 15.4. The lowest BCUT2D eigenvalue weighted by Crippen LogP contribution is -1.82. The molecule has 0 unspecified atom stereocenters. The summed E-state index contributed by atoms with van der Waals surface area (Å²) in [6, 6.07) is 54.8. The first-order valence-corrected chi connectivity index (χ1v) is 15.4. The van der Waals surface area contributed by atoms with Crippen molar-refractivity contribution in [3.8, 4) is 11.1 Å². The van der Waals surface area contributed by atoms with Crippen LogP contribution < -0.4 is 0 Å². The van der Waals surface area contributed by atoms with Crippen LogP contribution in [-0.4, -0.2) is 0 Å². The number of rotatable bonds is 1. The largest absolute Gasteiger partial charge is 0.0616 e. The minimum Gasteiger partial charge on any atom is -0.0616 e. The summed E-state index contributed by atoms with van der Waals surface area (Å²) in [5.41, 5.74) is 2.56. The third-order valence-corrected chi connectivity index (χ3v) is 10.3. The van der Waals surface area contributed by atoms with Crippen molar-refractivity contribution in [1.29, 1.82) is 0 Å². The Morgan fingerprint density at radius 3 is 1.45 bits per heavy atom. The fourth-order valence-electron chi connectivity index (χ4n) is 8.30. The van der Waals surface area contributed by atoms with Crippen molar-refractivity contribution < 1.29 is 0 Å². The van der Waals surface area contributed by atoms with Crippen molar-refractivity contribution in [2.24, 2.45) is 0 Å². The smallest absolute Gasteiger partial charge is 0.00199 e. The summed E-state index contributed by atoms with van der Waals surface area (Å²) in [7, 11) is 0. The van der Waals surface area contributed by atoms with E-state index in [1.54, 1.807) is 0 Å². The molecule has 0 N–H and O–H groups in total. The van der Waals surface area contributed by atoms with Crippen LogP contribution in [0.5, 0.6) is 0 Å². The molecule has 0 amide bonds. The number of hydrogen-bond acceptors (Lipinski definition) is 0. The molecule has 44 heavy (non-hydrogen) atoms. The summed E-state index contributed by atoms with van der Waals surface area (Å²) in [6.45, 7) is 0. The number of hydrogen-bond donors (Lipinski definition) is 0. The zero-order valence-corrected chi connectivity index (χ0v) is 23.9. The lowest BCUT2D eigenvalue weighted by molar-refractivity contribution is 1.70. The zero-order chi connectivity index (χ0) is 28.5. The number of fused-ring (bicyclic) bond motifs is 10. The molecule has 11 rings (SSSR count). The first kappa shape index (κ1) is 22.8. The highest BCUT2D eigenvalue weighted by molar-refractivity contribution is 6.37. The number of benzene rings is 9. The van der Waals surface area contributed by atoms with Crippen LogP contribution in [0, 0.1) is 0 Å².